The van der Waals surface area contributed by atoms with Crippen LogP contribution in [0.5, 0.6) is 0 Å². The zero-order chi connectivity index (χ0) is 15.4. The van der Waals surface area contributed by atoms with Gasteiger partial charge in [0.25, 0.3) is 5.91 Å². The number of fused-ring (bicyclic) bond motifs is 1. The molecule has 1 amide bonds. The molecular weight excluding hydrogens is 270 g/mol. The highest BCUT2D eigenvalue weighted by Crippen LogP contribution is 2.13. The molecule has 112 valence electrons. The number of aromatic nitrogens is 2. The zero-order valence-corrected chi connectivity index (χ0v) is 12.3. The molecule has 0 aliphatic carbocycles. The molecule has 0 bridgehead atoms. The van der Waals surface area contributed by atoms with Gasteiger partial charge < -0.3 is 10.1 Å². The van der Waals surface area contributed by atoms with Gasteiger partial charge in [-0.1, -0.05) is 19.9 Å². The third-order valence-corrected chi connectivity index (χ3v) is 3.20. The summed E-state index contributed by atoms with van der Waals surface area (Å²) < 4.78 is 4.74. The maximum absolute atomic E-state index is 12.3. The fourth-order valence-electron chi connectivity index (χ4n) is 2.15. The average Bonchev–Trinajstić information content (AvgIpc) is 2.92. The molecule has 2 N–H and O–H groups in total. The smallest absolute Gasteiger partial charge is 0.328 e. The lowest BCUT2D eigenvalue weighted by atomic mass is 10.0. The van der Waals surface area contributed by atoms with E-state index in [2.05, 4.69) is 15.5 Å². The highest BCUT2D eigenvalue weighted by molar-refractivity contribution is 5.99. The van der Waals surface area contributed by atoms with Gasteiger partial charge in [0.05, 0.1) is 18.8 Å². The van der Waals surface area contributed by atoms with Crippen molar-refractivity contribution < 1.29 is 14.3 Å². The number of hydrogen-bond donors (Lipinski definition) is 2. The molecule has 0 radical (unpaired) electrons. The van der Waals surface area contributed by atoms with Crippen LogP contribution < -0.4 is 5.32 Å². The summed E-state index contributed by atoms with van der Waals surface area (Å²) in [7, 11) is 1.32. The quantitative estimate of drug-likeness (QED) is 0.823. The summed E-state index contributed by atoms with van der Waals surface area (Å²) in [6.07, 6.45) is 2.22. The normalized spacial score (nSPS) is 12.4. The van der Waals surface area contributed by atoms with Crippen molar-refractivity contribution in [2.75, 3.05) is 7.11 Å². The lowest BCUT2D eigenvalue weighted by Crippen LogP contribution is -2.42. The Morgan fingerprint density at radius 3 is 2.81 bits per heavy atom. The molecule has 6 heteroatoms. The maximum Gasteiger partial charge on any atom is 0.328 e. The van der Waals surface area contributed by atoms with Crippen LogP contribution in [0, 0.1) is 5.92 Å². The molecule has 0 aliphatic heterocycles. The lowest BCUT2D eigenvalue weighted by Gasteiger charge is -2.18. The summed E-state index contributed by atoms with van der Waals surface area (Å²) >= 11 is 0. The maximum atomic E-state index is 12.3. The van der Waals surface area contributed by atoms with Crippen LogP contribution in [0.1, 0.15) is 30.6 Å². The standard InChI is InChI=1S/C15H19N3O3/c1-9(2)6-13(15(20)21-3)17-14(19)10-4-5-11-8-16-18-12(11)7-10/h4-5,7-9,13H,6H2,1-3H3,(H,16,18)(H,17,19). The lowest BCUT2D eigenvalue weighted by molar-refractivity contribution is -0.143. The first-order chi connectivity index (χ1) is 10.0. The molecule has 2 rings (SSSR count). The predicted molar refractivity (Wildman–Crippen MR) is 78.8 cm³/mol. The van der Waals surface area contributed by atoms with Crippen LogP contribution in [-0.4, -0.2) is 35.2 Å². The number of hydrogen-bond acceptors (Lipinski definition) is 4. The molecule has 0 saturated heterocycles. The minimum absolute atomic E-state index is 0.268. The summed E-state index contributed by atoms with van der Waals surface area (Å²) in [6, 6.07) is 4.58. The van der Waals surface area contributed by atoms with E-state index in [1.54, 1.807) is 18.3 Å². The van der Waals surface area contributed by atoms with Crippen LogP contribution in [0.15, 0.2) is 24.4 Å². The first-order valence-electron chi connectivity index (χ1n) is 6.83. The van der Waals surface area contributed by atoms with Crippen molar-refractivity contribution in [2.24, 2.45) is 5.92 Å². The van der Waals surface area contributed by atoms with E-state index in [4.69, 9.17) is 4.74 Å². The number of H-pyrrole nitrogens is 1. The topological polar surface area (TPSA) is 84.1 Å². The summed E-state index contributed by atoms with van der Waals surface area (Å²) in [5, 5.41) is 10.4. The summed E-state index contributed by atoms with van der Waals surface area (Å²) in [6.45, 7) is 3.97. The van der Waals surface area contributed by atoms with Gasteiger partial charge in [-0.05, 0) is 24.5 Å². The van der Waals surface area contributed by atoms with Gasteiger partial charge in [0, 0.05) is 10.9 Å². The number of amides is 1. The first-order valence-corrected chi connectivity index (χ1v) is 6.83. The van der Waals surface area contributed by atoms with Crippen LogP contribution >= 0.6 is 0 Å². The Bertz CT molecular complexity index is 648. The largest absolute Gasteiger partial charge is 0.467 e. The minimum atomic E-state index is -0.639. The van der Waals surface area contributed by atoms with Gasteiger partial charge in [-0.3, -0.25) is 9.89 Å². The van der Waals surface area contributed by atoms with Crippen molar-refractivity contribution in [3.05, 3.63) is 30.0 Å². The molecule has 0 spiro atoms. The molecule has 0 fully saturated rings. The number of esters is 1. The SMILES string of the molecule is COC(=O)C(CC(C)C)NC(=O)c1ccc2cn[nH]c2c1. The molecule has 1 heterocycles. The van der Waals surface area contributed by atoms with Crippen LogP contribution in [0.4, 0.5) is 0 Å². The minimum Gasteiger partial charge on any atom is -0.467 e. The number of carbonyl (C=O) groups is 2. The van der Waals surface area contributed by atoms with Crippen molar-refractivity contribution in [3.63, 3.8) is 0 Å². The highest BCUT2D eigenvalue weighted by atomic mass is 16.5. The molecule has 2 aromatic rings. The van der Waals surface area contributed by atoms with Gasteiger partial charge in [-0.2, -0.15) is 5.10 Å². The molecular formula is C15H19N3O3. The molecule has 1 atom stereocenters. The number of aromatic amines is 1. The molecule has 21 heavy (non-hydrogen) atoms. The first kappa shape index (κ1) is 15.0. The highest BCUT2D eigenvalue weighted by Gasteiger charge is 2.23. The third kappa shape index (κ3) is 3.59. The van der Waals surface area contributed by atoms with Gasteiger partial charge in [-0.15, -0.1) is 0 Å². The van der Waals surface area contributed by atoms with Gasteiger partial charge in [-0.25, -0.2) is 4.79 Å². The Labute approximate surface area is 122 Å². The number of rotatable bonds is 5. The summed E-state index contributed by atoms with van der Waals surface area (Å²) in [5.41, 5.74) is 1.26. The summed E-state index contributed by atoms with van der Waals surface area (Å²) in [4.78, 5) is 24.0. The Kier molecular flexibility index (Phi) is 4.57. The molecule has 1 aromatic carbocycles. The molecule has 1 aromatic heterocycles. The number of methoxy groups -OCH3 is 1. The van der Waals surface area contributed by atoms with E-state index in [0.29, 0.717) is 12.0 Å². The molecule has 6 nitrogen and oxygen atoms in total. The second-order valence-corrected chi connectivity index (χ2v) is 5.35. The Balaban J connectivity index is 2.15. The fourth-order valence-corrected chi connectivity index (χ4v) is 2.15. The van der Waals surface area contributed by atoms with Gasteiger partial charge >= 0.3 is 5.97 Å². The number of carbonyl (C=O) groups excluding carboxylic acids is 2. The summed E-state index contributed by atoms with van der Waals surface area (Å²) in [5.74, 6) is -0.466. The van der Waals surface area contributed by atoms with Crippen molar-refractivity contribution in [1.29, 1.82) is 0 Å². The van der Waals surface area contributed by atoms with Gasteiger partial charge in [0.2, 0.25) is 0 Å². The van der Waals surface area contributed by atoms with Gasteiger partial charge in [0.15, 0.2) is 0 Å². The third-order valence-electron chi connectivity index (χ3n) is 3.20. The van der Waals surface area contributed by atoms with E-state index in [-0.39, 0.29) is 11.8 Å². The number of benzene rings is 1. The monoisotopic (exact) mass is 289 g/mol. The second-order valence-electron chi connectivity index (χ2n) is 5.35. The number of ether oxygens (including phenoxy) is 1. The van der Waals surface area contributed by atoms with Crippen molar-refractivity contribution >= 4 is 22.8 Å². The Morgan fingerprint density at radius 1 is 1.38 bits per heavy atom. The molecule has 0 aliphatic rings. The van der Waals surface area contributed by atoms with E-state index in [1.807, 2.05) is 19.9 Å². The fraction of sp³-hybridized carbons (Fsp3) is 0.400. The van der Waals surface area contributed by atoms with Crippen LogP contribution in [-0.2, 0) is 9.53 Å². The van der Waals surface area contributed by atoms with Gasteiger partial charge in [0.1, 0.15) is 6.04 Å². The Morgan fingerprint density at radius 2 is 2.14 bits per heavy atom. The molecule has 0 saturated carbocycles. The second kappa shape index (κ2) is 6.39. The van der Waals surface area contributed by atoms with E-state index in [0.717, 1.165) is 10.9 Å². The zero-order valence-electron chi connectivity index (χ0n) is 12.3. The van der Waals surface area contributed by atoms with Crippen LogP contribution in [0.3, 0.4) is 0 Å². The molecule has 1 unspecified atom stereocenters. The van der Waals surface area contributed by atoms with Crippen molar-refractivity contribution in [2.45, 2.75) is 26.3 Å². The van der Waals surface area contributed by atoms with E-state index in [1.165, 1.54) is 7.11 Å². The van der Waals surface area contributed by atoms with Crippen molar-refractivity contribution in [1.82, 2.24) is 15.5 Å². The Hall–Kier alpha value is -2.37. The van der Waals surface area contributed by atoms with Crippen LogP contribution in [0.25, 0.3) is 10.9 Å². The predicted octanol–water partition coefficient (Wildman–Crippen LogP) is 1.88. The number of nitrogens with zero attached hydrogens (tertiary/aromatic N) is 1. The van der Waals surface area contributed by atoms with E-state index < -0.39 is 12.0 Å². The van der Waals surface area contributed by atoms with E-state index >= 15 is 0 Å². The van der Waals surface area contributed by atoms with E-state index in [9.17, 15) is 9.59 Å². The van der Waals surface area contributed by atoms with Crippen molar-refractivity contribution in [3.8, 4) is 0 Å². The number of nitrogens with one attached hydrogen (secondary N) is 2. The average molecular weight is 289 g/mol. The van der Waals surface area contributed by atoms with Crippen LogP contribution in [0.2, 0.25) is 0 Å².